The van der Waals surface area contributed by atoms with Crippen molar-refractivity contribution in [3.05, 3.63) is 54.3 Å². The second kappa shape index (κ2) is 7.53. The Morgan fingerprint density at radius 3 is 2.60 bits per heavy atom. The van der Waals surface area contributed by atoms with E-state index < -0.39 is 0 Å². The number of nitrogens with zero attached hydrogens (tertiary/aromatic N) is 2. The number of amides is 2. The van der Waals surface area contributed by atoms with E-state index in [0.29, 0.717) is 29.8 Å². The molecular weight excluding hydrogens is 321 g/mol. The molecule has 1 saturated heterocycles. The zero-order chi connectivity index (χ0) is 17.8. The van der Waals surface area contributed by atoms with E-state index in [-0.39, 0.29) is 11.8 Å². The molecule has 2 aromatic carbocycles. The molecule has 1 aliphatic heterocycles. The number of carbonyl (C=O) groups is 1. The van der Waals surface area contributed by atoms with Gasteiger partial charge in [0.25, 0.3) is 0 Å². The number of carbonyl (C=O) groups excluding carboxylic acids is 1. The van der Waals surface area contributed by atoms with E-state index in [1.807, 2.05) is 26.2 Å². The number of hydrogen-bond acceptors (Lipinski definition) is 3. The van der Waals surface area contributed by atoms with E-state index in [4.69, 9.17) is 4.74 Å². The Hall–Kier alpha value is -2.60. The zero-order valence-electron chi connectivity index (χ0n) is 14.4. The summed E-state index contributed by atoms with van der Waals surface area (Å²) in [6.45, 7) is 1.44. The first kappa shape index (κ1) is 17.2. The molecule has 0 spiro atoms. The van der Waals surface area contributed by atoms with E-state index in [9.17, 15) is 9.18 Å². The van der Waals surface area contributed by atoms with Gasteiger partial charge in [0.15, 0.2) is 5.75 Å². The molecule has 0 aromatic heterocycles. The maximum Gasteiger partial charge on any atom is 0.322 e. The molecule has 1 heterocycles. The highest BCUT2D eigenvalue weighted by Gasteiger charge is 2.27. The molecule has 5 nitrogen and oxygen atoms in total. The molecule has 3 rings (SSSR count). The lowest BCUT2D eigenvalue weighted by Crippen LogP contribution is -2.36. The molecule has 1 aliphatic rings. The first-order valence-corrected chi connectivity index (χ1v) is 8.28. The minimum atomic E-state index is -0.321. The van der Waals surface area contributed by atoms with Crippen molar-refractivity contribution in [2.24, 2.45) is 0 Å². The fourth-order valence-corrected chi connectivity index (χ4v) is 2.83. The van der Waals surface area contributed by atoms with E-state index in [2.05, 4.69) is 10.2 Å². The molecule has 6 heteroatoms. The molecule has 0 aliphatic carbocycles. The van der Waals surface area contributed by atoms with E-state index in [1.54, 1.807) is 29.2 Å². The Morgan fingerprint density at radius 1 is 1.20 bits per heavy atom. The van der Waals surface area contributed by atoms with Crippen molar-refractivity contribution >= 4 is 11.7 Å². The van der Waals surface area contributed by atoms with Gasteiger partial charge in [0, 0.05) is 19.1 Å². The molecule has 1 atom stereocenters. The molecule has 0 bridgehead atoms. The standard InChI is InChI=1S/C19H22FN3O2/c1-22(2)15-11-12-23(13-15)19(24)21-17-5-3-4-6-18(17)25-16-9-7-14(20)8-10-16/h3-10,15H,11-13H2,1-2H3,(H,21,24)/t15-/m0/s1. The van der Waals surface area contributed by atoms with Crippen LogP contribution in [0.2, 0.25) is 0 Å². The lowest BCUT2D eigenvalue weighted by Gasteiger charge is -2.21. The molecule has 1 N–H and O–H groups in total. The van der Waals surface area contributed by atoms with Crippen LogP contribution >= 0.6 is 0 Å². The highest BCUT2D eigenvalue weighted by Crippen LogP contribution is 2.30. The van der Waals surface area contributed by atoms with Gasteiger partial charge in [0.05, 0.1) is 5.69 Å². The summed E-state index contributed by atoms with van der Waals surface area (Å²) < 4.78 is 18.8. The predicted molar refractivity (Wildman–Crippen MR) is 95.6 cm³/mol. The van der Waals surface area contributed by atoms with Crippen LogP contribution in [0.1, 0.15) is 6.42 Å². The second-order valence-electron chi connectivity index (χ2n) is 6.33. The number of ether oxygens (including phenoxy) is 1. The summed E-state index contributed by atoms with van der Waals surface area (Å²) in [5, 5.41) is 2.91. The van der Waals surface area contributed by atoms with Crippen molar-refractivity contribution in [1.82, 2.24) is 9.80 Å². The largest absolute Gasteiger partial charge is 0.455 e. The van der Waals surface area contributed by atoms with Gasteiger partial charge in [-0.2, -0.15) is 0 Å². The highest BCUT2D eigenvalue weighted by molar-refractivity contribution is 5.91. The van der Waals surface area contributed by atoms with Gasteiger partial charge in [-0.3, -0.25) is 0 Å². The number of halogens is 1. The van der Waals surface area contributed by atoms with Gasteiger partial charge in [-0.25, -0.2) is 9.18 Å². The van der Waals surface area contributed by atoms with Gasteiger partial charge < -0.3 is 19.9 Å². The van der Waals surface area contributed by atoms with Crippen LogP contribution < -0.4 is 10.1 Å². The topological polar surface area (TPSA) is 44.8 Å². The van der Waals surface area contributed by atoms with Crippen LogP contribution in [0.15, 0.2) is 48.5 Å². The summed E-state index contributed by atoms with van der Waals surface area (Å²) in [7, 11) is 4.05. The first-order chi connectivity index (χ1) is 12.0. The Labute approximate surface area is 147 Å². The highest BCUT2D eigenvalue weighted by atomic mass is 19.1. The molecule has 2 amide bonds. The summed E-state index contributed by atoms with van der Waals surface area (Å²) >= 11 is 0. The lowest BCUT2D eigenvalue weighted by atomic mass is 10.2. The maximum absolute atomic E-state index is 13.0. The summed E-state index contributed by atoms with van der Waals surface area (Å²) in [5.41, 5.74) is 0.588. The molecule has 1 fully saturated rings. The maximum atomic E-state index is 13.0. The molecule has 0 saturated carbocycles. The average Bonchev–Trinajstić information content (AvgIpc) is 3.09. The SMILES string of the molecule is CN(C)[C@H]1CCN(C(=O)Nc2ccccc2Oc2ccc(F)cc2)C1. The molecule has 132 valence electrons. The quantitative estimate of drug-likeness (QED) is 0.919. The van der Waals surface area contributed by atoms with Crippen LogP contribution in [0.3, 0.4) is 0 Å². The van der Waals surface area contributed by atoms with Crippen LogP contribution in [0, 0.1) is 5.82 Å². The van der Waals surface area contributed by atoms with Crippen LogP contribution in [0.4, 0.5) is 14.9 Å². The summed E-state index contributed by atoms with van der Waals surface area (Å²) in [6, 6.07) is 13.2. The van der Waals surface area contributed by atoms with Gasteiger partial charge in [0.2, 0.25) is 0 Å². The van der Waals surface area contributed by atoms with E-state index in [0.717, 1.165) is 13.0 Å². The number of likely N-dealkylation sites (tertiary alicyclic amines) is 1. The number of nitrogens with one attached hydrogen (secondary N) is 1. The molecule has 2 aromatic rings. The fourth-order valence-electron chi connectivity index (χ4n) is 2.83. The number of para-hydroxylation sites is 2. The summed E-state index contributed by atoms with van der Waals surface area (Å²) in [5.74, 6) is 0.709. The van der Waals surface area contributed by atoms with Crippen LogP contribution in [0.25, 0.3) is 0 Å². The van der Waals surface area contributed by atoms with Crippen LogP contribution in [-0.2, 0) is 0 Å². The smallest absolute Gasteiger partial charge is 0.322 e. The molecule has 25 heavy (non-hydrogen) atoms. The van der Waals surface area contributed by atoms with Crippen molar-refractivity contribution in [3.63, 3.8) is 0 Å². The van der Waals surface area contributed by atoms with Crippen molar-refractivity contribution in [2.75, 3.05) is 32.5 Å². The van der Waals surface area contributed by atoms with Gasteiger partial charge >= 0.3 is 6.03 Å². The average molecular weight is 343 g/mol. The minimum absolute atomic E-state index is 0.139. The predicted octanol–water partition coefficient (Wildman–Crippen LogP) is 3.79. The van der Waals surface area contributed by atoms with E-state index >= 15 is 0 Å². The van der Waals surface area contributed by atoms with Crippen molar-refractivity contribution in [2.45, 2.75) is 12.5 Å². The number of hydrogen-bond donors (Lipinski definition) is 1. The first-order valence-electron chi connectivity index (χ1n) is 8.28. The number of rotatable bonds is 4. The van der Waals surface area contributed by atoms with Gasteiger partial charge in [-0.1, -0.05) is 12.1 Å². The Bertz CT molecular complexity index is 734. The van der Waals surface area contributed by atoms with Crippen LogP contribution in [0.5, 0.6) is 11.5 Å². The summed E-state index contributed by atoms with van der Waals surface area (Å²) in [4.78, 5) is 16.5. The monoisotopic (exact) mass is 343 g/mol. The Kier molecular flexibility index (Phi) is 5.19. The third-order valence-corrected chi connectivity index (χ3v) is 4.35. The molecule has 0 radical (unpaired) electrons. The minimum Gasteiger partial charge on any atom is -0.455 e. The number of likely N-dealkylation sites (N-methyl/N-ethyl adjacent to an activating group) is 1. The third-order valence-electron chi connectivity index (χ3n) is 4.35. The normalized spacial score (nSPS) is 17.0. The number of urea groups is 1. The molecule has 0 unspecified atom stereocenters. The van der Waals surface area contributed by atoms with E-state index in [1.165, 1.54) is 12.1 Å². The fraction of sp³-hybridized carbons (Fsp3) is 0.316. The molecular formula is C19H22FN3O2. The summed E-state index contributed by atoms with van der Waals surface area (Å²) in [6.07, 6.45) is 0.966. The number of benzene rings is 2. The van der Waals surface area contributed by atoms with Crippen molar-refractivity contribution in [1.29, 1.82) is 0 Å². The lowest BCUT2D eigenvalue weighted by molar-refractivity contribution is 0.216. The van der Waals surface area contributed by atoms with Gasteiger partial charge in [-0.05, 0) is 56.9 Å². The third kappa shape index (κ3) is 4.28. The number of anilines is 1. The van der Waals surface area contributed by atoms with Crippen molar-refractivity contribution in [3.8, 4) is 11.5 Å². The second-order valence-corrected chi connectivity index (χ2v) is 6.33. The Balaban J connectivity index is 1.68. The Morgan fingerprint density at radius 2 is 1.92 bits per heavy atom. The van der Waals surface area contributed by atoms with Gasteiger partial charge in [0.1, 0.15) is 11.6 Å². The van der Waals surface area contributed by atoms with Crippen molar-refractivity contribution < 1.29 is 13.9 Å². The zero-order valence-corrected chi connectivity index (χ0v) is 14.4. The van der Waals surface area contributed by atoms with Gasteiger partial charge in [-0.15, -0.1) is 0 Å². The van der Waals surface area contributed by atoms with Crippen LogP contribution in [-0.4, -0.2) is 49.1 Å².